The molecule has 0 saturated heterocycles. The molecule has 6 atom stereocenters. The quantitative estimate of drug-likeness (QED) is 0.612. The minimum Gasteiger partial charge on any atom is -0.299 e. The van der Waals surface area contributed by atoms with E-state index in [1.165, 1.54) is 6.42 Å². The van der Waals surface area contributed by atoms with E-state index in [0.717, 1.165) is 32.1 Å². The smallest absolute Gasteiger partial charge is 0.197 e. The Kier molecular flexibility index (Phi) is 2.77. The number of hydrogen-bond acceptors (Lipinski definition) is 1. The van der Waals surface area contributed by atoms with Gasteiger partial charge in [-0.15, -0.1) is 0 Å². The van der Waals surface area contributed by atoms with Gasteiger partial charge in [0.05, 0.1) is 0 Å². The second kappa shape index (κ2) is 4.26. The summed E-state index contributed by atoms with van der Waals surface area (Å²) in [6.45, 7) is 4.58. The molecule has 0 aromatic carbocycles. The number of carbonyl (C=O) groups excluding carboxylic acids is 1. The first-order chi connectivity index (χ1) is 9.95. The van der Waals surface area contributed by atoms with E-state index in [2.05, 4.69) is 25.7 Å². The van der Waals surface area contributed by atoms with Crippen LogP contribution in [0, 0.1) is 34.5 Å². The van der Waals surface area contributed by atoms with Crippen molar-refractivity contribution in [3.8, 4) is 0 Å². The van der Waals surface area contributed by atoms with E-state index < -0.39 is 0 Å². The van der Waals surface area contributed by atoms with Crippen LogP contribution in [0.5, 0.6) is 0 Å². The zero-order chi connectivity index (χ0) is 14.8. The summed E-state index contributed by atoms with van der Waals surface area (Å²) in [7, 11) is 0. The number of carbonyl (C=O) groups is 1. The van der Waals surface area contributed by atoms with Gasteiger partial charge in [0.1, 0.15) is 5.78 Å². The lowest BCUT2D eigenvalue weighted by atomic mass is 9.47. The monoisotopic (exact) mass is 285 g/mol. The van der Waals surface area contributed by atoms with Crippen molar-refractivity contribution in [1.82, 2.24) is 0 Å². The van der Waals surface area contributed by atoms with E-state index in [1.807, 2.05) is 0 Å². The van der Waals surface area contributed by atoms with Gasteiger partial charge in [0.25, 0.3) is 0 Å². The first-order valence-electron chi connectivity index (χ1n) is 8.62. The van der Waals surface area contributed by atoms with Gasteiger partial charge in [0.2, 0.25) is 0 Å². The normalized spacial score (nSPS) is 51.9. The van der Waals surface area contributed by atoms with Crippen LogP contribution >= 0.6 is 0 Å². The van der Waals surface area contributed by atoms with E-state index in [4.69, 9.17) is 0 Å². The highest BCUT2D eigenvalue weighted by Crippen LogP contribution is 2.64. The second-order valence-electron chi connectivity index (χ2n) is 8.35. The van der Waals surface area contributed by atoms with Crippen molar-refractivity contribution >= 4 is 5.78 Å². The standard InChI is InChI=1S/C19H25O2/c1-18-9-7-13(20)11-12(18)3-4-14-15-5-6-17(21)19(15,2)10-8-16(14)18/h9,12,14-16H,3-6,8,10-11H2,1-2H3/t12-,14-,15-,16-,18-,19-/m0/s1. The van der Waals surface area contributed by atoms with Crippen LogP contribution in [0.1, 0.15) is 58.8 Å². The highest BCUT2D eigenvalue weighted by atomic mass is 16.3. The van der Waals surface area contributed by atoms with E-state index in [0.29, 0.717) is 35.9 Å². The zero-order valence-electron chi connectivity index (χ0n) is 13.2. The Bertz CT molecular complexity index is 556. The molecule has 4 aliphatic rings. The zero-order valence-corrected chi connectivity index (χ0v) is 13.2. The van der Waals surface area contributed by atoms with Crippen molar-refractivity contribution in [3.05, 3.63) is 17.6 Å². The van der Waals surface area contributed by atoms with E-state index in [1.54, 1.807) is 0 Å². The molecule has 4 rings (SSSR count). The molecule has 0 aromatic heterocycles. The largest absolute Gasteiger partial charge is 0.299 e. The van der Waals surface area contributed by atoms with Crippen LogP contribution < -0.4 is 0 Å². The lowest BCUT2D eigenvalue weighted by Crippen LogP contribution is -2.51. The molecule has 2 nitrogen and oxygen atoms in total. The molecular weight excluding hydrogens is 260 g/mol. The minimum atomic E-state index is -0.0394. The molecular formula is C19H25O2. The molecule has 0 bridgehead atoms. The maximum atomic E-state index is 12.3. The van der Waals surface area contributed by atoms with Crippen molar-refractivity contribution < 1.29 is 9.90 Å². The van der Waals surface area contributed by atoms with Crippen LogP contribution in [0.25, 0.3) is 0 Å². The molecule has 1 radical (unpaired) electrons. The van der Waals surface area contributed by atoms with Gasteiger partial charge in [-0.3, -0.25) is 9.90 Å². The van der Waals surface area contributed by atoms with Crippen LogP contribution in [0.4, 0.5) is 0 Å². The SMILES string of the molecule is C[C@]12C=C=C([O])C[C@@H]1CC[C@@H]1[C@@H]2CC[C@]2(C)C(=O)CC[C@@H]12. The Balaban J connectivity index is 1.71. The molecule has 4 aliphatic carbocycles. The summed E-state index contributed by atoms with van der Waals surface area (Å²) in [5, 5.41) is 11.7. The average molecular weight is 285 g/mol. The maximum absolute atomic E-state index is 12.3. The van der Waals surface area contributed by atoms with Crippen LogP contribution in [0.2, 0.25) is 0 Å². The lowest BCUT2D eigenvalue weighted by Gasteiger charge is -2.57. The number of ketones is 1. The Labute approximate surface area is 127 Å². The summed E-state index contributed by atoms with van der Waals surface area (Å²) in [5.74, 6) is 3.14. The summed E-state index contributed by atoms with van der Waals surface area (Å²) in [6.07, 6.45) is 9.29. The Morgan fingerprint density at radius 3 is 2.76 bits per heavy atom. The van der Waals surface area contributed by atoms with Gasteiger partial charge in [0.15, 0.2) is 5.76 Å². The number of hydrogen-bond donors (Lipinski definition) is 0. The predicted molar refractivity (Wildman–Crippen MR) is 79.8 cm³/mol. The van der Waals surface area contributed by atoms with E-state index in [-0.39, 0.29) is 16.6 Å². The van der Waals surface area contributed by atoms with Crippen LogP contribution in [-0.2, 0) is 9.90 Å². The molecule has 0 aromatic rings. The minimum absolute atomic E-state index is 0.0394. The maximum Gasteiger partial charge on any atom is 0.197 e. The number of fused-ring (bicyclic) bond motifs is 5. The van der Waals surface area contributed by atoms with Crippen molar-refractivity contribution in [1.29, 1.82) is 0 Å². The molecule has 0 amide bonds. The van der Waals surface area contributed by atoms with Gasteiger partial charge in [-0.1, -0.05) is 19.6 Å². The molecule has 3 saturated carbocycles. The van der Waals surface area contributed by atoms with Gasteiger partial charge >= 0.3 is 0 Å². The third kappa shape index (κ3) is 1.69. The van der Waals surface area contributed by atoms with Crippen LogP contribution in [-0.4, -0.2) is 5.78 Å². The lowest BCUT2D eigenvalue weighted by molar-refractivity contribution is -0.134. The number of allylic oxidation sites excluding steroid dienone is 1. The molecule has 0 heterocycles. The topological polar surface area (TPSA) is 37.0 Å². The average Bonchev–Trinajstić information content (AvgIpc) is 2.76. The first-order valence-corrected chi connectivity index (χ1v) is 8.62. The molecule has 113 valence electrons. The molecule has 2 heteroatoms. The second-order valence-corrected chi connectivity index (χ2v) is 8.35. The summed E-state index contributed by atoms with van der Waals surface area (Å²) in [4.78, 5) is 12.3. The van der Waals surface area contributed by atoms with Gasteiger partial charge in [-0.25, -0.2) is 0 Å². The van der Waals surface area contributed by atoms with Gasteiger partial charge in [0, 0.05) is 18.3 Å². The highest BCUT2D eigenvalue weighted by Gasteiger charge is 2.59. The molecule has 21 heavy (non-hydrogen) atoms. The highest BCUT2D eigenvalue weighted by molar-refractivity contribution is 5.87. The Morgan fingerprint density at radius 1 is 1.14 bits per heavy atom. The Morgan fingerprint density at radius 2 is 1.95 bits per heavy atom. The van der Waals surface area contributed by atoms with Gasteiger partial charge in [-0.2, -0.15) is 0 Å². The molecule has 0 unspecified atom stereocenters. The Hall–Kier alpha value is -1.01. The van der Waals surface area contributed by atoms with Crippen molar-refractivity contribution in [3.63, 3.8) is 0 Å². The predicted octanol–water partition coefficient (Wildman–Crippen LogP) is 4.29. The third-order valence-corrected chi connectivity index (χ3v) is 7.65. The van der Waals surface area contributed by atoms with Crippen LogP contribution in [0.15, 0.2) is 17.6 Å². The number of Topliss-reactive ketones (excluding diaryl/α,β-unsaturated/α-hetero) is 1. The number of rotatable bonds is 0. The summed E-state index contributed by atoms with van der Waals surface area (Å²) >= 11 is 0. The van der Waals surface area contributed by atoms with E-state index in [9.17, 15) is 9.90 Å². The van der Waals surface area contributed by atoms with Gasteiger partial charge in [-0.05, 0) is 67.3 Å². The summed E-state index contributed by atoms with van der Waals surface area (Å²) < 4.78 is 0. The molecule has 3 fully saturated rings. The first kappa shape index (κ1) is 13.6. The third-order valence-electron chi connectivity index (χ3n) is 7.65. The van der Waals surface area contributed by atoms with E-state index >= 15 is 0 Å². The van der Waals surface area contributed by atoms with Crippen molar-refractivity contribution in [2.45, 2.75) is 58.8 Å². The fraction of sp³-hybridized carbons (Fsp3) is 0.789. The molecule has 0 N–H and O–H groups in total. The summed E-state index contributed by atoms with van der Waals surface area (Å²) in [5.41, 5.74) is 3.11. The summed E-state index contributed by atoms with van der Waals surface area (Å²) in [6, 6.07) is 0. The molecule has 0 spiro atoms. The van der Waals surface area contributed by atoms with Crippen molar-refractivity contribution in [2.24, 2.45) is 34.5 Å². The fourth-order valence-electron chi connectivity index (χ4n) is 6.31. The molecule has 0 aliphatic heterocycles. The van der Waals surface area contributed by atoms with Crippen molar-refractivity contribution in [2.75, 3.05) is 0 Å². The fourth-order valence-corrected chi connectivity index (χ4v) is 6.31. The van der Waals surface area contributed by atoms with Crippen LogP contribution in [0.3, 0.4) is 0 Å². The van der Waals surface area contributed by atoms with Gasteiger partial charge < -0.3 is 0 Å².